The van der Waals surface area contributed by atoms with E-state index in [1.165, 1.54) is 4.90 Å². The predicted molar refractivity (Wildman–Crippen MR) is 110 cm³/mol. The second-order valence-corrected chi connectivity index (χ2v) is 7.36. The van der Waals surface area contributed by atoms with Crippen molar-refractivity contribution < 1.29 is 29.1 Å². The summed E-state index contributed by atoms with van der Waals surface area (Å²) in [4.78, 5) is 61.1. The number of amides is 4. The Labute approximate surface area is 179 Å². The number of hydrogen-bond acceptors (Lipinski definition) is 8. The van der Waals surface area contributed by atoms with Gasteiger partial charge in [0.25, 0.3) is 0 Å². The number of primary amides is 1. The van der Waals surface area contributed by atoms with Gasteiger partial charge in [-0.25, -0.2) is 4.79 Å². The van der Waals surface area contributed by atoms with E-state index in [0.29, 0.717) is 12.8 Å². The first-order chi connectivity index (χ1) is 13.6. The van der Waals surface area contributed by atoms with E-state index in [-0.39, 0.29) is 30.9 Å². The maximum absolute atomic E-state index is 13.0. The Hall–Kier alpha value is -1.99. The van der Waals surface area contributed by atoms with Crippen LogP contribution in [0.4, 0.5) is 0 Å². The minimum atomic E-state index is -1.24. The van der Waals surface area contributed by atoms with E-state index < -0.39 is 53.8 Å². The first-order valence-corrected chi connectivity index (χ1v) is 10.3. The fraction of sp³-hybridized carbons (Fsp3) is 0.688. The van der Waals surface area contributed by atoms with Gasteiger partial charge in [-0.15, -0.1) is 0 Å². The SMILES string of the molecule is NC(=O)CCC(NC(=O)C(N)CS)C(=O)N1CCCC1C(=O)NC(CS)C(=O)O. The van der Waals surface area contributed by atoms with Gasteiger partial charge < -0.3 is 32.1 Å². The highest BCUT2D eigenvalue weighted by molar-refractivity contribution is 7.80. The molecule has 7 N–H and O–H groups in total. The molecule has 4 amide bonds. The molecule has 4 unspecified atom stereocenters. The molecule has 1 aliphatic rings. The Morgan fingerprint density at radius 2 is 1.76 bits per heavy atom. The molecule has 13 heteroatoms. The summed E-state index contributed by atoms with van der Waals surface area (Å²) in [7, 11) is 0. The lowest BCUT2D eigenvalue weighted by molar-refractivity contribution is -0.144. The highest BCUT2D eigenvalue weighted by atomic mass is 32.1. The number of aliphatic carboxylic acids is 1. The maximum Gasteiger partial charge on any atom is 0.327 e. The van der Waals surface area contributed by atoms with Crippen LogP contribution in [0.2, 0.25) is 0 Å². The topological polar surface area (TPSA) is 185 Å². The van der Waals surface area contributed by atoms with E-state index in [9.17, 15) is 24.0 Å². The molecule has 29 heavy (non-hydrogen) atoms. The van der Waals surface area contributed by atoms with Crippen molar-refractivity contribution in [2.75, 3.05) is 18.1 Å². The van der Waals surface area contributed by atoms with Crippen molar-refractivity contribution in [2.45, 2.75) is 49.9 Å². The third kappa shape index (κ3) is 7.40. The van der Waals surface area contributed by atoms with Crippen LogP contribution in [0.15, 0.2) is 0 Å². The van der Waals surface area contributed by atoms with Crippen LogP contribution in [-0.4, -0.2) is 81.8 Å². The number of thiol groups is 2. The third-order valence-electron chi connectivity index (χ3n) is 4.46. The van der Waals surface area contributed by atoms with Crippen molar-refractivity contribution >= 4 is 54.9 Å². The van der Waals surface area contributed by atoms with Crippen molar-refractivity contribution in [3.63, 3.8) is 0 Å². The van der Waals surface area contributed by atoms with Gasteiger partial charge in [-0.05, 0) is 19.3 Å². The van der Waals surface area contributed by atoms with E-state index in [2.05, 4.69) is 35.9 Å². The molecule has 1 fully saturated rings. The molecule has 1 aliphatic heterocycles. The number of nitrogens with two attached hydrogens (primary N) is 2. The van der Waals surface area contributed by atoms with Crippen molar-refractivity contribution in [1.82, 2.24) is 15.5 Å². The van der Waals surface area contributed by atoms with E-state index in [1.807, 2.05) is 0 Å². The van der Waals surface area contributed by atoms with Gasteiger partial charge in [0.1, 0.15) is 18.1 Å². The van der Waals surface area contributed by atoms with Crippen LogP contribution in [0.25, 0.3) is 0 Å². The van der Waals surface area contributed by atoms with Gasteiger partial charge >= 0.3 is 5.97 Å². The van der Waals surface area contributed by atoms with Gasteiger partial charge in [0.05, 0.1) is 6.04 Å². The third-order valence-corrected chi connectivity index (χ3v) is 5.22. The molecule has 0 aromatic rings. The van der Waals surface area contributed by atoms with E-state index in [0.717, 1.165) is 0 Å². The predicted octanol–water partition coefficient (Wildman–Crippen LogP) is -2.52. The number of carboxylic acid groups (broad SMARTS) is 1. The molecular weight excluding hydrogens is 422 g/mol. The minimum absolute atomic E-state index is 0.0532. The van der Waals surface area contributed by atoms with Crippen LogP contribution in [0, 0.1) is 0 Å². The molecule has 1 rings (SSSR count). The normalized spacial score (nSPS) is 19.1. The van der Waals surface area contributed by atoms with Crippen LogP contribution in [0.1, 0.15) is 25.7 Å². The Balaban J connectivity index is 2.93. The quantitative estimate of drug-likeness (QED) is 0.170. The molecule has 1 heterocycles. The largest absolute Gasteiger partial charge is 0.480 e. The summed E-state index contributed by atoms with van der Waals surface area (Å²) < 4.78 is 0. The second-order valence-electron chi connectivity index (χ2n) is 6.63. The van der Waals surface area contributed by atoms with Gasteiger partial charge in [0.15, 0.2) is 0 Å². The molecule has 0 radical (unpaired) electrons. The highest BCUT2D eigenvalue weighted by Crippen LogP contribution is 2.20. The first kappa shape index (κ1) is 25.0. The fourth-order valence-electron chi connectivity index (χ4n) is 2.86. The summed E-state index contributed by atoms with van der Waals surface area (Å²) in [6.45, 7) is 0.247. The number of carbonyl (C=O) groups excluding carboxylic acids is 4. The molecule has 11 nitrogen and oxygen atoms in total. The average molecular weight is 450 g/mol. The van der Waals surface area contributed by atoms with Crippen molar-refractivity contribution in [1.29, 1.82) is 0 Å². The van der Waals surface area contributed by atoms with Crippen molar-refractivity contribution in [3.05, 3.63) is 0 Å². The number of rotatable bonds is 11. The number of hydrogen-bond donors (Lipinski definition) is 7. The summed E-state index contributed by atoms with van der Waals surface area (Å²) in [5, 5.41) is 13.9. The monoisotopic (exact) mass is 449 g/mol. The van der Waals surface area contributed by atoms with Gasteiger partial charge in [-0.2, -0.15) is 25.3 Å². The van der Waals surface area contributed by atoms with Gasteiger partial charge in [-0.3, -0.25) is 19.2 Å². The number of nitrogens with zero attached hydrogens (tertiary/aromatic N) is 1. The molecule has 0 aromatic heterocycles. The Bertz CT molecular complexity index is 649. The van der Waals surface area contributed by atoms with Crippen LogP contribution in [-0.2, 0) is 24.0 Å². The number of carbonyl (C=O) groups is 5. The number of carboxylic acids is 1. The van der Waals surface area contributed by atoms with Gasteiger partial charge in [0.2, 0.25) is 23.6 Å². The average Bonchev–Trinajstić information content (AvgIpc) is 3.17. The second kappa shape index (κ2) is 11.9. The lowest BCUT2D eigenvalue weighted by atomic mass is 10.1. The number of likely N-dealkylation sites (tertiary alicyclic amines) is 1. The lowest BCUT2D eigenvalue weighted by Gasteiger charge is -2.29. The summed E-state index contributed by atoms with van der Waals surface area (Å²) in [6, 6.07) is -4.14. The minimum Gasteiger partial charge on any atom is -0.480 e. The Morgan fingerprint density at radius 1 is 1.10 bits per heavy atom. The van der Waals surface area contributed by atoms with Gasteiger partial charge in [0, 0.05) is 24.5 Å². The molecular formula is C16H27N5O6S2. The zero-order valence-electron chi connectivity index (χ0n) is 15.7. The molecule has 0 bridgehead atoms. The number of nitrogens with one attached hydrogen (secondary N) is 2. The van der Waals surface area contributed by atoms with Crippen LogP contribution in [0.3, 0.4) is 0 Å². The summed E-state index contributed by atoms with van der Waals surface area (Å²) >= 11 is 7.83. The van der Waals surface area contributed by atoms with E-state index in [4.69, 9.17) is 16.6 Å². The summed E-state index contributed by atoms with van der Waals surface area (Å²) in [6.07, 6.45) is 0.648. The maximum atomic E-state index is 13.0. The van der Waals surface area contributed by atoms with Crippen molar-refractivity contribution in [2.24, 2.45) is 11.5 Å². The molecule has 0 aliphatic carbocycles. The fourth-order valence-corrected chi connectivity index (χ4v) is 3.28. The summed E-state index contributed by atoms with van der Waals surface area (Å²) in [5.41, 5.74) is 10.8. The zero-order valence-corrected chi connectivity index (χ0v) is 17.5. The highest BCUT2D eigenvalue weighted by Gasteiger charge is 2.38. The Morgan fingerprint density at radius 3 is 2.28 bits per heavy atom. The van der Waals surface area contributed by atoms with Crippen molar-refractivity contribution in [3.8, 4) is 0 Å². The molecule has 164 valence electrons. The lowest BCUT2D eigenvalue weighted by Crippen LogP contribution is -2.57. The van der Waals surface area contributed by atoms with Crippen LogP contribution < -0.4 is 22.1 Å². The van der Waals surface area contributed by atoms with Gasteiger partial charge in [-0.1, -0.05) is 0 Å². The zero-order chi connectivity index (χ0) is 22.1. The molecule has 0 spiro atoms. The van der Waals surface area contributed by atoms with Crippen LogP contribution in [0.5, 0.6) is 0 Å². The van der Waals surface area contributed by atoms with E-state index in [1.54, 1.807) is 0 Å². The standard InChI is InChI=1S/C16H27N5O6S2/c17-8(6-28)13(23)19-9(3-4-12(18)22)15(25)21-5-1-2-11(21)14(24)20-10(7-29)16(26)27/h8-11,28-29H,1-7,17H2,(H2,18,22)(H,19,23)(H,20,24)(H,26,27). The van der Waals surface area contributed by atoms with Crippen LogP contribution >= 0.6 is 25.3 Å². The molecule has 0 aromatic carbocycles. The first-order valence-electron chi connectivity index (χ1n) is 9.02. The van der Waals surface area contributed by atoms with E-state index >= 15 is 0 Å². The smallest absolute Gasteiger partial charge is 0.327 e. The molecule has 1 saturated heterocycles. The Kier molecular flexibility index (Phi) is 10.3. The molecule has 4 atom stereocenters. The summed E-state index contributed by atoms with van der Waals surface area (Å²) in [5.74, 6) is -3.76. The molecule has 0 saturated carbocycles.